The van der Waals surface area contributed by atoms with Crippen LogP contribution in [0.15, 0.2) is 48.5 Å². The second-order valence-electron chi connectivity index (χ2n) is 7.00. The molecule has 1 atom stereocenters. The van der Waals surface area contributed by atoms with Crippen LogP contribution in [0.1, 0.15) is 35.6 Å². The van der Waals surface area contributed by atoms with Gasteiger partial charge < -0.3 is 4.90 Å². The maximum absolute atomic E-state index is 13.0. The maximum Gasteiger partial charge on any atom is 0.218 e. The Morgan fingerprint density at radius 2 is 1.88 bits per heavy atom. The highest BCUT2D eigenvalue weighted by Crippen LogP contribution is 2.36. The van der Waals surface area contributed by atoms with Crippen molar-refractivity contribution in [2.45, 2.75) is 31.6 Å². The first-order valence-corrected chi connectivity index (χ1v) is 10.3. The SMILES string of the molecule is Cc1cccc(CS(=O)(=O)N2CCCC2c2cccc(N(C)C)c2)c1. The lowest BCUT2D eigenvalue weighted by Gasteiger charge is -2.25. The fourth-order valence-corrected chi connectivity index (χ4v) is 5.30. The van der Waals surface area contributed by atoms with E-state index < -0.39 is 10.0 Å². The molecule has 1 saturated heterocycles. The van der Waals surface area contributed by atoms with Crippen molar-refractivity contribution >= 4 is 15.7 Å². The van der Waals surface area contributed by atoms with E-state index in [1.807, 2.05) is 68.4 Å². The van der Waals surface area contributed by atoms with Gasteiger partial charge in [-0.25, -0.2) is 8.42 Å². The Kier molecular flexibility index (Phi) is 5.16. The first-order chi connectivity index (χ1) is 11.9. The summed E-state index contributed by atoms with van der Waals surface area (Å²) in [5.41, 5.74) is 4.12. The van der Waals surface area contributed by atoms with E-state index in [4.69, 9.17) is 0 Å². The standard InChI is InChI=1S/C20H26N2O2S/c1-16-7-4-8-17(13-16)15-25(23,24)22-12-6-11-20(22)18-9-5-10-19(14-18)21(2)3/h4-5,7-10,13-14,20H,6,11-12,15H2,1-3H3. The summed E-state index contributed by atoms with van der Waals surface area (Å²) in [5.74, 6) is 0.0680. The van der Waals surface area contributed by atoms with Gasteiger partial charge in [-0.3, -0.25) is 0 Å². The van der Waals surface area contributed by atoms with Crippen LogP contribution in [0.5, 0.6) is 0 Å². The summed E-state index contributed by atoms with van der Waals surface area (Å²) in [4.78, 5) is 2.05. The Bertz CT molecular complexity index is 846. The number of rotatable bonds is 5. The van der Waals surface area contributed by atoms with Gasteiger partial charge in [0.05, 0.1) is 5.75 Å². The van der Waals surface area contributed by atoms with Crippen LogP contribution in [0.25, 0.3) is 0 Å². The molecule has 1 heterocycles. The van der Waals surface area contributed by atoms with Gasteiger partial charge in [-0.2, -0.15) is 4.31 Å². The monoisotopic (exact) mass is 358 g/mol. The molecule has 0 saturated carbocycles. The molecule has 4 nitrogen and oxygen atoms in total. The molecule has 1 unspecified atom stereocenters. The summed E-state index contributed by atoms with van der Waals surface area (Å²) < 4.78 is 27.8. The third-order valence-electron chi connectivity index (χ3n) is 4.76. The third kappa shape index (κ3) is 4.05. The number of sulfonamides is 1. The summed E-state index contributed by atoms with van der Waals surface area (Å²) in [5, 5.41) is 0. The fourth-order valence-electron chi connectivity index (χ4n) is 3.51. The number of benzene rings is 2. The Labute approximate surface area is 151 Å². The van der Waals surface area contributed by atoms with E-state index in [2.05, 4.69) is 6.07 Å². The number of anilines is 1. The molecule has 1 aliphatic rings. The van der Waals surface area contributed by atoms with Gasteiger partial charge in [0.25, 0.3) is 0 Å². The molecule has 0 spiro atoms. The highest BCUT2D eigenvalue weighted by Gasteiger charge is 2.35. The zero-order valence-electron chi connectivity index (χ0n) is 15.1. The van der Waals surface area contributed by atoms with E-state index in [0.717, 1.165) is 35.2 Å². The van der Waals surface area contributed by atoms with Gasteiger partial charge in [-0.05, 0) is 43.0 Å². The Hall–Kier alpha value is -1.85. The number of hydrogen-bond acceptors (Lipinski definition) is 3. The number of hydrogen-bond donors (Lipinski definition) is 0. The van der Waals surface area contributed by atoms with Crippen LogP contribution in [0.2, 0.25) is 0 Å². The molecular formula is C20H26N2O2S. The van der Waals surface area contributed by atoms with Gasteiger partial charge in [0.15, 0.2) is 0 Å². The summed E-state index contributed by atoms with van der Waals surface area (Å²) in [6.45, 7) is 2.59. The van der Waals surface area contributed by atoms with Gasteiger partial charge in [-0.1, -0.05) is 42.0 Å². The van der Waals surface area contributed by atoms with Crippen LogP contribution in [0, 0.1) is 6.92 Å². The first kappa shape index (κ1) is 18.0. The van der Waals surface area contributed by atoms with E-state index in [1.165, 1.54) is 0 Å². The smallest absolute Gasteiger partial charge is 0.218 e. The average Bonchev–Trinajstić information content (AvgIpc) is 3.05. The van der Waals surface area contributed by atoms with Crippen LogP contribution < -0.4 is 4.90 Å². The van der Waals surface area contributed by atoms with Crippen LogP contribution in [0.4, 0.5) is 5.69 Å². The molecule has 134 valence electrons. The van der Waals surface area contributed by atoms with E-state index in [0.29, 0.717) is 6.54 Å². The Balaban J connectivity index is 1.86. The van der Waals surface area contributed by atoms with Gasteiger partial charge >= 0.3 is 0 Å². The lowest BCUT2D eigenvalue weighted by atomic mass is 10.0. The minimum atomic E-state index is -3.34. The molecule has 0 bridgehead atoms. The highest BCUT2D eigenvalue weighted by molar-refractivity contribution is 7.88. The second-order valence-corrected chi connectivity index (χ2v) is 8.92. The number of nitrogens with zero attached hydrogens (tertiary/aromatic N) is 2. The highest BCUT2D eigenvalue weighted by atomic mass is 32.2. The molecule has 1 fully saturated rings. The molecule has 0 amide bonds. The quantitative estimate of drug-likeness (QED) is 0.818. The van der Waals surface area contributed by atoms with Crippen molar-refractivity contribution < 1.29 is 8.42 Å². The van der Waals surface area contributed by atoms with Crippen LogP contribution in [-0.2, 0) is 15.8 Å². The minimum Gasteiger partial charge on any atom is -0.378 e. The van der Waals surface area contributed by atoms with Crippen molar-refractivity contribution in [3.8, 4) is 0 Å². The van der Waals surface area contributed by atoms with Gasteiger partial charge in [-0.15, -0.1) is 0 Å². The van der Waals surface area contributed by atoms with E-state index in [9.17, 15) is 8.42 Å². The molecule has 0 N–H and O–H groups in total. The molecule has 0 aromatic heterocycles. The minimum absolute atomic E-state index is 0.0605. The number of aryl methyl sites for hydroxylation is 1. The second kappa shape index (κ2) is 7.18. The first-order valence-electron chi connectivity index (χ1n) is 8.69. The summed E-state index contributed by atoms with van der Waals surface area (Å²) in [6.07, 6.45) is 1.79. The van der Waals surface area contributed by atoms with Gasteiger partial charge in [0, 0.05) is 32.4 Å². The third-order valence-corrected chi connectivity index (χ3v) is 6.61. The lowest BCUT2D eigenvalue weighted by molar-refractivity contribution is 0.396. The zero-order chi connectivity index (χ0) is 18.0. The summed E-state index contributed by atoms with van der Waals surface area (Å²) >= 11 is 0. The Morgan fingerprint density at radius 1 is 1.12 bits per heavy atom. The molecule has 0 radical (unpaired) electrons. The molecular weight excluding hydrogens is 332 g/mol. The topological polar surface area (TPSA) is 40.6 Å². The molecule has 2 aromatic carbocycles. The molecule has 2 aromatic rings. The van der Waals surface area contributed by atoms with Crippen LogP contribution in [-0.4, -0.2) is 33.4 Å². The predicted molar refractivity (Wildman–Crippen MR) is 103 cm³/mol. The van der Waals surface area contributed by atoms with E-state index >= 15 is 0 Å². The molecule has 25 heavy (non-hydrogen) atoms. The Morgan fingerprint density at radius 3 is 2.60 bits per heavy atom. The summed E-state index contributed by atoms with van der Waals surface area (Å²) in [6, 6.07) is 15.9. The van der Waals surface area contributed by atoms with Crippen molar-refractivity contribution in [1.29, 1.82) is 0 Å². The van der Waals surface area contributed by atoms with Crippen LogP contribution >= 0.6 is 0 Å². The van der Waals surface area contributed by atoms with E-state index in [-0.39, 0.29) is 11.8 Å². The molecule has 3 rings (SSSR count). The van der Waals surface area contributed by atoms with Crippen molar-refractivity contribution in [2.24, 2.45) is 0 Å². The molecule has 5 heteroatoms. The maximum atomic E-state index is 13.0. The fraction of sp³-hybridized carbons (Fsp3) is 0.400. The van der Waals surface area contributed by atoms with Crippen molar-refractivity contribution in [2.75, 3.05) is 25.5 Å². The average molecular weight is 359 g/mol. The zero-order valence-corrected chi connectivity index (χ0v) is 16.0. The molecule has 1 aliphatic heterocycles. The largest absolute Gasteiger partial charge is 0.378 e. The molecule has 0 aliphatic carbocycles. The van der Waals surface area contributed by atoms with Gasteiger partial charge in [0.2, 0.25) is 10.0 Å². The van der Waals surface area contributed by atoms with Gasteiger partial charge in [0.1, 0.15) is 0 Å². The summed E-state index contributed by atoms with van der Waals surface area (Å²) in [7, 11) is 0.660. The van der Waals surface area contributed by atoms with E-state index in [1.54, 1.807) is 4.31 Å². The van der Waals surface area contributed by atoms with Crippen LogP contribution in [0.3, 0.4) is 0 Å². The predicted octanol–water partition coefficient (Wildman–Crippen LogP) is 3.73. The van der Waals surface area contributed by atoms with Crippen molar-refractivity contribution in [3.05, 3.63) is 65.2 Å². The lowest BCUT2D eigenvalue weighted by Crippen LogP contribution is -2.31. The van der Waals surface area contributed by atoms with Crippen molar-refractivity contribution in [1.82, 2.24) is 4.31 Å². The van der Waals surface area contributed by atoms with Crippen molar-refractivity contribution in [3.63, 3.8) is 0 Å². The normalized spacial score (nSPS) is 18.4.